The van der Waals surface area contributed by atoms with Crippen molar-refractivity contribution in [2.75, 3.05) is 18.1 Å². The molecule has 6 heteroatoms. The molecule has 0 aliphatic rings. The van der Waals surface area contributed by atoms with Gasteiger partial charge in [0, 0.05) is 18.1 Å². The number of carbonyl (C=O) groups is 2. The van der Waals surface area contributed by atoms with Crippen molar-refractivity contribution in [1.82, 2.24) is 0 Å². The summed E-state index contributed by atoms with van der Waals surface area (Å²) in [6.45, 7) is 2.67. The van der Waals surface area contributed by atoms with E-state index in [1.54, 1.807) is 0 Å². The van der Waals surface area contributed by atoms with E-state index in [-0.39, 0.29) is 12.8 Å². The molecule has 0 saturated heterocycles. The molecule has 0 aromatic rings. The van der Waals surface area contributed by atoms with Gasteiger partial charge in [0.25, 0.3) is 0 Å². The van der Waals surface area contributed by atoms with Crippen LogP contribution in [0, 0.1) is 0 Å². The standard InChI is InChI=1S/C28H58O.C6H10O4S/c1-2-3-4-5-6-7-8-9-10-11-12-13-14-15-16-17-18-19-20-21-22-23-24-25-26-27-28-29;7-5(8)1-3-11-4-2-6(9)10/h29H,2-28H2,1H3;1-4H2,(H,7,8)(H,9,10). The molecule has 0 radical (unpaired) electrons. The average Bonchev–Trinajstić information content (AvgIpc) is 2.93. The maximum Gasteiger partial charge on any atom is 0.304 e. The van der Waals surface area contributed by atoms with Crippen molar-refractivity contribution in [3.63, 3.8) is 0 Å². The molecular formula is C34H68O5S. The van der Waals surface area contributed by atoms with E-state index in [4.69, 9.17) is 15.3 Å². The zero-order valence-electron chi connectivity index (χ0n) is 26.5. The zero-order valence-corrected chi connectivity index (χ0v) is 27.3. The SMILES string of the molecule is CCCCCCCCCCCCCCCCCCCCCCCCCCCCO.O=C(O)CCSCCC(=O)O. The number of hydrogen-bond acceptors (Lipinski definition) is 4. The lowest BCUT2D eigenvalue weighted by Crippen LogP contribution is -1.99. The topological polar surface area (TPSA) is 94.8 Å². The van der Waals surface area contributed by atoms with Crippen molar-refractivity contribution in [2.24, 2.45) is 0 Å². The first-order chi connectivity index (χ1) is 19.5. The van der Waals surface area contributed by atoms with E-state index >= 15 is 0 Å². The van der Waals surface area contributed by atoms with E-state index in [0.29, 0.717) is 18.1 Å². The number of hydrogen-bond donors (Lipinski definition) is 3. The second-order valence-electron chi connectivity index (χ2n) is 11.5. The molecule has 0 spiro atoms. The van der Waals surface area contributed by atoms with Crippen LogP contribution in [0.5, 0.6) is 0 Å². The monoisotopic (exact) mass is 588 g/mol. The summed E-state index contributed by atoms with van der Waals surface area (Å²) in [6.07, 6.45) is 37.3. The number of aliphatic hydroxyl groups is 1. The number of unbranched alkanes of at least 4 members (excludes halogenated alkanes) is 25. The number of aliphatic carboxylic acids is 2. The van der Waals surface area contributed by atoms with Crippen LogP contribution in [0.25, 0.3) is 0 Å². The fourth-order valence-electron chi connectivity index (χ4n) is 4.85. The molecule has 0 atom stereocenters. The second kappa shape index (κ2) is 38.2. The number of aliphatic hydroxyl groups excluding tert-OH is 1. The van der Waals surface area contributed by atoms with Gasteiger partial charge in [-0.05, 0) is 6.42 Å². The molecule has 0 saturated carbocycles. The van der Waals surface area contributed by atoms with Crippen molar-refractivity contribution >= 4 is 23.7 Å². The maximum atomic E-state index is 9.97. The minimum Gasteiger partial charge on any atom is -0.481 e. The van der Waals surface area contributed by atoms with E-state index in [0.717, 1.165) is 6.42 Å². The molecule has 0 rings (SSSR count). The van der Waals surface area contributed by atoms with Crippen molar-refractivity contribution in [3.8, 4) is 0 Å². The Labute approximate surface area is 253 Å². The Morgan fingerprint density at radius 2 is 0.650 bits per heavy atom. The summed E-state index contributed by atoms with van der Waals surface area (Å²) < 4.78 is 0. The molecule has 0 amide bonds. The second-order valence-corrected chi connectivity index (χ2v) is 12.7. The predicted octanol–water partition coefficient (Wildman–Crippen LogP) is 10.8. The summed E-state index contributed by atoms with van der Waals surface area (Å²) in [5.41, 5.74) is 0. The van der Waals surface area contributed by atoms with Gasteiger partial charge in [0.15, 0.2) is 0 Å². The van der Waals surface area contributed by atoms with Gasteiger partial charge in [0.2, 0.25) is 0 Å². The first-order valence-electron chi connectivity index (χ1n) is 17.2. The quantitative estimate of drug-likeness (QED) is 0.0677. The molecule has 0 aliphatic carbocycles. The van der Waals surface area contributed by atoms with E-state index in [2.05, 4.69) is 6.92 Å². The number of rotatable bonds is 32. The maximum absolute atomic E-state index is 9.97. The van der Waals surface area contributed by atoms with Gasteiger partial charge in [-0.1, -0.05) is 167 Å². The van der Waals surface area contributed by atoms with Gasteiger partial charge in [-0.2, -0.15) is 11.8 Å². The van der Waals surface area contributed by atoms with Gasteiger partial charge in [-0.15, -0.1) is 0 Å². The van der Waals surface area contributed by atoms with E-state index in [9.17, 15) is 9.59 Å². The lowest BCUT2D eigenvalue weighted by molar-refractivity contribution is -0.137. The Balaban J connectivity index is 0. The van der Waals surface area contributed by atoms with Crippen LogP contribution in [-0.4, -0.2) is 45.4 Å². The van der Waals surface area contributed by atoms with Crippen LogP contribution in [0.2, 0.25) is 0 Å². The summed E-state index contributed by atoms with van der Waals surface area (Å²) in [5.74, 6) is -0.703. The highest BCUT2D eigenvalue weighted by Crippen LogP contribution is 2.16. The molecule has 5 nitrogen and oxygen atoms in total. The lowest BCUT2D eigenvalue weighted by Gasteiger charge is -2.04. The summed E-state index contributed by atoms with van der Waals surface area (Å²) >= 11 is 1.35. The summed E-state index contributed by atoms with van der Waals surface area (Å²) in [7, 11) is 0. The first-order valence-corrected chi connectivity index (χ1v) is 18.3. The number of thioether (sulfide) groups is 1. The zero-order chi connectivity index (χ0) is 29.8. The molecule has 3 N–H and O–H groups in total. The van der Waals surface area contributed by atoms with Gasteiger partial charge >= 0.3 is 11.9 Å². The highest BCUT2D eigenvalue weighted by molar-refractivity contribution is 7.99. The van der Waals surface area contributed by atoms with Gasteiger partial charge in [0.05, 0.1) is 12.8 Å². The van der Waals surface area contributed by atoms with Crippen LogP contribution >= 0.6 is 11.8 Å². The van der Waals surface area contributed by atoms with Crippen molar-refractivity contribution < 1.29 is 24.9 Å². The fraction of sp³-hybridized carbons (Fsp3) is 0.941. The third-order valence-electron chi connectivity index (χ3n) is 7.43. The Morgan fingerprint density at radius 1 is 0.425 bits per heavy atom. The molecule has 0 unspecified atom stereocenters. The van der Waals surface area contributed by atoms with Crippen LogP contribution < -0.4 is 0 Å². The minimum atomic E-state index is -0.840. The van der Waals surface area contributed by atoms with Crippen LogP contribution in [0.4, 0.5) is 0 Å². The van der Waals surface area contributed by atoms with Crippen molar-refractivity contribution in [3.05, 3.63) is 0 Å². The van der Waals surface area contributed by atoms with Gasteiger partial charge in [-0.3, -0.25) is 9.59 Å². The summed E-state index contributed by atoms with van der Waals surface area (Å²) in [5, 5.41) is 25.1. The highest BCUT2D eigenvalue weighted by Gasteiger charge is 1.99. The molecule has 0 heterocycles. The molecule has 40 heavy (non-hydrogen) atoms. The van der Waals surface area contributed by atoms with Gasteiger partial charge in [0.1, 0.15) is 0 Å². The minimum absolute atomic E-state index is 0.101. The normalized spacial score (nSPS) is 10.8. The largest absolute Gasteiger partial charge is 0.481 e. The van der Waals surface area contributed by atoms with E-state index < -0.39 is 11.9 Å². The Kier molecular flexibility index (Phi) is 39.6. The number of carboxylic acid groups (broad SMARTS) is 2. The molecule has 0 fully saturated rings. The Bertz CT molecular complexity index is 459. The molecule has 0 bridgehead atoms. The van der Waals surface area contributed by atoms with Crippen molar-refractivity contribution in [1.29, 1.82) is 0 Å². The average molecular weight is 589 g/mol. The van der Waals surface area contributed by atoms with Crippen molar-refractivity contribution in [2.45, 2.75) is 187 Å². The molecule has 0 aromatic carbocycles. The van der Waals surface area contributed by atoms with Crippen LogP contribution in [0.3, 0.4) is 0 Å². The fourth-order valence-corrected chi connectivity index (χ4v) is 5.69. The molecular weight excluding hydrogens is 520 g/mol. The molecule has 240 valence electrons. The van der Waals surface area contributed by atoms with Crippen LogP contribution in [-0.2, 0) is 9.59 Å². The van der Waals surface area contributed by atoms with E-state index in [1.165, 1.54) is 172 Å². The van der Waals surface area contributed by atoms with Gasteiger partial charge in [-0.25, -0.2) is 0 Å². The third kappa shape index (κ3) is 44.3. The van der Waals surface area contributed by atoms with Crippen LogP contribution in [0.1, 0.15) is 187 Å². The smallest absolute Gasteiger partial charge is 0.304 e. The first kappa shape index (κ1) is 41.4. The predicted molar refractivity (Wildman–Crippen MR) is 175 cm³/mol. The Hall–Kier alpha value is -0.750. The van der Waals surface area contributed by atoms with E-state index in [1.807, 2.05) is 0 Å². The lowest BCUT2D eigenvalue weighted by atomic mass is 10.0. The summed E-state index contributed by atoms with van der Waals surface area (Å²) in [6, 6.07) is 0. The Morgan fingerprint density at radius 3 is 0.850 bits per heavy atom. The third-order valence-corrected chi connectivity index (χ3v) is 8.42. The summed E-state index contributed by atoms with van der Waals surface area (Å²) in [4.78, 5) is 19.9. The molecule has 0 aromatic heterocycles. The van der Waals surface area contributed by atoms with Crippen LogP contribution in [0.15, 0.2) is 0 Å². The number of carboxylic acids is 2. The highest BCUT2D eigenvalue weighted by atomic mass is 32.2. The van der Waals surface area contributed by atoms with Gasteiger partial charge < -0.3 is 15.3 Å². The molecule has 0 aliphatic heterocycles.